The van der Waals surface area contributed by atoms with Crippen LogP contribution in [-0.4, -0.2) is 61.8 Å². The van der Waals surface area contributed by atoms with Crippen molar-refractivity contribution in [2.75, 3.05) is 25.4 Å². The predicted octanol–water partition coefficient (Wildman–Crippen LogP) is 5.87. The van der Waals surface area contributed by atoms with Crippen molar-refractivity contribution in [3.63, 3.8) is 0 Å². The van der Waals surface area contributed by atoms with Crippen LogP contribution in [0, 0.1) is 0 Å². The molecule has 0 saturated heterocycles. The Morgan fingerprint density at radius 3 is 2.66 bits per heavy atom. The highest BCUT2D eigenvalue weighted by Gasteiger charge is 2.30. The molecule has 0 saturated carbocycles. The number of carboxylic acid groups (broad SMARTS) is 1. The molecule has 0 amide bonds. The number of carboxylic acids is 1. The van der Waals surface area contributed by atoms with Crippen molar-refractivity contribution in [3.8, 4) is 5.69 Å². The maximum absolute atomic E-state index is 11.4. The lowest BCUT2D eigenvalue weighted by Crippen LogP contribution is -2.25. The van der Waals surface area contributed by atoms with Gasteiger partial charge in [-0.25, -0.2) is 0 Å². The van der Waals surface area contributed by atoms with E-state index >= 15 is 0 Å². The summed E-state index contributed by atoms with van der Waals surface area (Å²) in [6.07, 6.45) is 0.280. The first kappa shape index (κ1) is 25.9. The summed E-state index contributed by atoms with van der Waals surface area (Å²) in [4.78, 5) is 18.9. The minimum atomic E-state index is -0.871. The zero-order valence-electron chi connectivity index (χ0n) is 19.6. The number of benzene rings is 2. The SMILES string of the molecule is CCN(CC)CCSc1nnc2n1-c1ccc(Br)cc1C(c1ccccc1Cl)=N[C@H]2CCC(=O)O. The smallest absolute Gasteiger partial charge is 0.303 e. The second-order valence-electron chi connectivity index (χ2n) is 8.12. The van der Waals surface area contributed by atoms with Gasteiger partial charge in [0.25, 0.3) is 0 Å². The van der Waals surface area contributed by atoms with Crippen molar-refractivity contribution in [2.45, 2.75) is 37.9 Å². The Hall–Kier alpha value is -2.20. The summed E-state index contributed by atoms with van der Waals surface area (Å²) in [5.74, 6) is 0.634. The van der Waals surface area contributed by atoms with Crippen molar-refractivity contribution in [1.82, 2.24) is 19.7 Å². The second-order valence-corrected chi connectivity index (χ2v) is 10.5. The number of fused-ring (bicyclic) bond motifs is 3. The van der Waals surface area contributed by atoms with Crippen molar-refractivity contribution in [1.29, 1.82) is 0 Å². The van der Waals surface area contributed by atoms with Gasteiger partial charge >= 0.3 is 5.97 Å². The fourth-order valence-electron chi connectivity index (χ4n) is 4.12. The number of hydrogen-bond donors (Lipinski definition) is 1. The molecule has 0 bridgehead atoms. The Bertz CT molecular complexity index is 1240. The summed E-state index contributed by atoms with van der Waals surface area (Å²) < 4.78 is 2.94. The first-order chi connectivity index (χ1) is 16.9. The first-order valence-electron chi connectivity index (χ1n) is 11.6. The highest BCUT2D eigenvalue weighted by molar-refractivity contribution is 9.10. The number of aliphatic imine (C=N–C) groups is 1. The molecule has 3 aromatic rings. The zero-order chi connectivity index (χ0) is 24.9. The average molecular weight is 577 g/mol. The molecule has 1 atom stereocenters. The largest absolute Gasteiger partial charge is 0.481 e. The maximum atomic E-state index is 11.4. The van der Waals surface area contributed by atoms with E-state index in [1.54, 1.807) is 11.8 Å². The molecule has 7 nitrogen and oxygen atoms in total. The lowest BCUT2D eigenvalue weighted by atomic mass is 10.00. The van der Waals surface area contributed by atoms with E-state index in [-0.39, 0.29) is 6.42 Å². The molecule has 1 aliphatic rings. The van der Waals surface area contributed by atoms with Crippen LogP contribution < -0.4 is 0 Å². The Morgan fingerprint density at radius 1 is 1.17 bits per heavy atom. The van der Waals surface area contributed by atoms with E-state index in [2.05, 4.69) is 44.9 Å². The topological polar surface area (TPSA) is 83.6 Å². The number of thioether (sulfide) groups is 1. The van der Waals surface area contributed by atoms with Crippen molar-refractivity contribution < 1.29 is 9.90 Å². The Morgan fingerprint density at radius 2 is 1.94 bits per heavy atom. The molecular weight excluding hydrogens is 550 g/mol. The van der Waals surface area contributed by atoms with Crippen LogP contribution in [0.4, 0.5) is 0 Å². The minimum absolute atomic E-state index is 0.0265. The number of hydrogen-bond acceptors (Lipinski definition) is 6. The van der Waals surface area contributed by atoms with Gasteiger partial charge in [-0.1, -0.05) is 71.3 Å². The molecule has 2 heterocycles. The molecule has 4 rings (SSSR count). The van der Waals surface area contributed by atoms with E-state index < -0.39 is 12.0 Å². The van der Waals surface area contributed by atoms with Gasteiger partial charge in [-0.15, -0.1) is 10.2 Å². The molecule has 0 radical (unpaired) electrons. The molecule has 0 unspecified atom stereocenters. The van der Waals surface area contributed by atoms with E-state index in [9.17, 15) is 9.90 Å². The molecule has 184 valence electrons. The Balaban J connectivity index is 1.84. The summed E-state index contributed by atoms with van der Waals surface area (Å²) in [5, 5.41) is 19.8. The molecule has 0 fully saturated rings. The van der Waals surface area contributed by atoms with Crippen LogP contribution in [0.5, 0.6) is 0 Å². The summed E-state index contributed by atoms with van der Waals surface area (Å²) in [7, 11) is 0. The molecule has 1 aromatic heterocycles. The number of aromatic nitrogens is 3. The van der Waals surface area contributed by atoms with Crippen LogP contribution in [0.2, 0.25) is 5.02 Å². The van der Waals surface area contributed by atoms with E-state index in [1.165, 1.54) is 0 Å². The maximum Gasteiger partial charge on any atom is 0.303 e. The van der Waals surface area contributed by atoms with E-state index in [4.69, 9.17) is 16.6 Å². The molecule has 1 aliphatic heterocycles. The lowest BCUT2D eigenvalue weighted by molar-refractivity contribution is -0.137. The normalized spacial score (nSPS) is 14.9. The molecule has 0 aliphatic carbocycles. The third-order valence-electron chi connectivity index (χ3n) is 5.99. The van der Waals surface area contributed by atoms with Crippen LogP contribution in [0.25, 0.3) is 5.69 Å². The standard InChI is InChI=1S/C25H27BrClN5O2S/c1-3-31(4-2)13-14-35-25-30-29-24-20(10-12-22(33)34)28-23(17-7-5-6-8-19(17)27)18-15-16(26)9-11-21(18)32(24)25/h5-9,11,15,20H,3-4,10,12-14H2,1-2H3,(H,33,34)/t20-/m0/s1. The monoisotopic (exact) mass is 575 g/mol. The molecule has 0 spiro atoms. The van der Waals surface area contributed by atoms with Crippen molar-refractivity contribution >= 4 is 51.0 Å². The van der Waals surface area contributed by atoms with Gasteiger partial charge in [-0.05, 0) is 43.8 Å². The molecule has 10 heteroatoms. The Kier molecular flexibility index (Phi) is 8.64. The third-order valence-corrected chi connectivity index (χ3v) is 7.72. The van der Waals surface area contributed by atoms with Gasteiger partial charge < -0.3 is 10.0 Å². The van der Waals surface area contributed by atoms with Gasteiger partial charge in [0.2, 0.25) is 0 Å². The number of carbonyl (C=O) groups is 1. The van der Waals surface area contributed by atoms with Gasteiger partial charge in [0, 0.05) is 39.3 Å². The van der Waals surface area contributed by atoms with Gasteiger partial charge in [0.05, 0.1) is 11.4 Å². The summed E-state index contributed by atoms with van der Waals surface area (Å²) >= 11 is 11.9. The number of aliphatic carboxylic acids is 1. The third kappa shape index (κ3) is 5.80. The highest BCUT2D eigenvalue weighted by atomic mass is 79.9. The van der Waals surface area contributed by atoms with Crippen LogP contribution >= 0.6 is 39.3 Å². The van der Waals surface area contributed by atoms with E-state index in [0.29, 0.717) is 23.0 Å². The predicted molar refractivity (Wildman–Crippen MR) is 144 cm³/mol. The van der Waals surface area contributed by atoms with E-state index in [0.717, 1.165) is 51.8 Å². The number of halogens is 2. The second kappa shape index (κ2) is 11.7. The van der Waals surface area contributed by atoms with Crippen molar-refractivity contribution in [2.24, 2.45) is 4.99 Å². The average Bonchev–Trinajstić information content (AvgIpc) is 3.20. The fraction of sp³-hybridized carbons (Fsp3) is 0.360. The van der Waals surface area contributed by atoms with Gasteiger partial charge in [0.1, 0.15) is 6.04 Å². The van der Waals surface area contributed by atoms with Crippen LogP contribution in [0.15, 0.2) is 57.1 Å². The van der Waals surface area contributed by atoms with E-state index in [1.807, 2.05) is 47.0 Å². The van der Waals surface area contributed by atoms with Gasteiger partial charge in [-0.3, -0.25) is 14.4 Å². The summed E-state index contributed by atoms with van der Waals surface area (Å²) in [6.45, 7) is 7.26. The van der Waals surface area contributed by atoms with Gasteiger partial charge in [0.15, 0.2) is 11.0 Å². The lowest BCUT2D eigenvalue weighted by Gasteiger charge is -2.18. The highest BCUT2D eigenvalue weighted by Crippen LogP contribution is 2.37. The van der Waals surface area contributed by atoms with Crippen LogP contribution in [0.1, 0.15) is 49.7 Å². The number of rotatable bonds is 10. The summed E-state index contributed by atoms with van der Waals surface area (Å²) in [6, 6.07) is 13.1. The van der Waals surface area contributed by atoms with Gasteiger partial charge in [-0.2, -0.15) is 0 Å². The quantitative estimate of drug-likeness (QED) is 0.304. The fourth-order valence-corrected chi connectivity index (χ4v) is 5.66. The summed E-state index contributed by atoms with van der Waals surface area (Å²) in [5.41, 5.74) is 3.29. The molecular formula is C25H27BrClN5O2S. The minimum Gasteiger partial charge on any atom is -0.481 e. The Labute approximate surface area is 222 Å². The van der Waals surface area contributed by atoms with Crippen molar-refractivity contribution in [3.05, 3.63) is 68.9 Å². The molecule has 2 aromatic carbocycles. The molecule has 1 N–H and O–H groups in total. The number of nitrogens with zero attached hydrogens (tertiary/aromatic N) is 5. The molecule has 35 heavy (non-hydrogen) atoms. The van der Waals surface area contributed by atoms with Crippen LogP contribution in [-0.2, 0) is 4.79 Å². The first-order valence-corrected chi connectivity index (χ1v) is 13.7. The zero-order valence-corrected chi connectivity index (χ0v) is 22.8. The van der Waals surface area contributed by atoms with Crippen LogP contribution in [0.3, 0.4) is 0 Å².